The fourth-order valence-electron chi connectivity index (χ4n) is 2.61. The van der Waals surface area contributed by atoms with E-state index in [1.165, 1.54) is 6.33 Å². The van der Waals surface area contributed by atoms with Crippen LogP contribution >= 0.6 is 0 Å². The fourth-order valence-corrected chi connectivity index (χ4v) is 2.61. The highest BCUT2D eigenvalue weighted by Crippen LogP contribution is 2.20. The minimum absolute atomic E-state index is 0.245. The maximum Gasteiger partial charge on any atom is 0.275 e. The van der Waals surface area contributed by atoms with Crippen LogP contribution in [-0.4, -0.2) is 74.2 Å². The first-order chi connectivity index (χ1) is 9.90. The number of fused-ring (bicyclic) bond motifs is 1. The molecule has 21 heavy (non-hydrogen) atoms. The van der Waals surface area contributed by atoms with E-state index in [2.05, 4.69) is 15.0 Å². The molecule has 0 aliphatic heterocycles. The molecule has 0 saturated carbocycles. The summed E-state index contributed by atoms with van der Waals surface area (Å²) in [4.78, 5) is 21.2. The molecular weight excluding hydrogens is 276 g/mol. The molecule has 0 aliphatic rings. The summed E-state index contributed by atoms with van der Waals surface area (Å²) >= 11 is 0. The van der Waals surface area contributed by atoms with Crippen molar-refractivity contribution in [1.29, 1.82) is 0 Å². The van der Waals surface area contributed by atoms with Gasteiger partial charge < -0.3 is 29.8 Å². The topological polar surface area (TPSA) is 122 Å². The molecule has 8 nitrogen and oxygen atoms in total. The van der Waals surface area contributed by atoms with Crippen molar-refractivity contribution < 1.29 is 19.8 Å². The van der Waals surface area contributed by atoms with Gasteiger partial charge in [-0.15, -0.1) is 0 Å². The lowest BCUT2D eigenvalue weighted by Crippen LogP contribution is -2.56. The molecule has 0 radical (unpaired) electrons. The molecule has 8 heteroatoms. The van der Waals surface area contributed by atoms with E-state index >= 15 is 0 Å². The van der Waals surface area contributed by atoms with Crippen LogP contribution in [0.15, 0.2) is 17.3 Å². The van der Waals surface area contributed by atoms with Gasteiger partial charge in [0, 0.05) is 6.20 Å². The minimum Gasteiger partial charge on any atom is -0.393 e. The Hall–Kier alpha value is -1.74. The lowest BCUT2D eigenvalue weighted by molar-refractivity contribution is -0.931. The second kappa shape index (κ2) is 5.94. The van der Waals surface area contributed by atoms with E-state index in [-0.39, 0.29) is 16.6 Å². The number of aromatic amines is 2. The van der Waals surface area contributed by atoms with E-state index < -0.39 is 18.8 Å². The third-order valence-electron chi connectivity index (χ3n) is 3.84. The predicted octanol–water partition coefficient (Wildman–Crippen LogP) is -1.46. The van der Waals surface area contributed by atoms with E-state index in [1.807, 2.05) is 14.1 Å². The lowest BCUT2D eigenvalue weighted by atomic mass is 10.1. The van der Waals surface area contributed by atoms with E-state index in [0.29, 0.717) is 17.6 Å². The van der Waals surface area contributed by atoms with Crippen molar-refractivity contribution in [2.24, 2.45) is 0 Å². The van der Waals surface area contributed by atoms with Gasteiger partial charge in [0.25, 0.3) is 5.56 Å². The summed E-state index contributed by atoms with van der Waals surface area (Å²) in [5.41, 5.74) is 1.53. The first-order valence-electron chi connectivity index (χ1n) is 6.66. The van der Waals surface area contributed by atoms with Crippen molar-refractivity contribution in [2.75, 3.05) is 27.3 Å². The van der Waals surface area contributed by atoms with Gasteiger partial charge in [-0.2, -0.15) is 0 Å². The number of likely N-dealkylation sites (N-methyl/N-ethyl adjacent to an activating group) is 1. The maximum atomic E-state index is 11.7. The Morgan fingerprint density at radius 2 is 2.00 bits per heavy atom. The van der Waals surface area contributed by atoms with Gasteiger partial charge in [0.15, 0.2) is 0 Å². The van der Waals surface area contributed by atoms with Crippen LogP contribution in [0.1, 0.15) is 5.56 Å². The molecule has 5 N–H and O–H groups in total. The van der Waals surface area contributed by atoms with Gasteiger partial charge in [-0.05, 0) is 0 Å². The zero-order valence-corrected chi connectivity index (χ0v) is 12.1. The molecule has 116 valence electrons. The van der Waals surface area contributed by atoms with E-state index in [1.54, 1.807) is 6.20 Å². The van der Waals surface area contributed by atoms with Gasteiger partial charge >= 0.3 is 0 Å². The predicted molar refractivity (Wildman–Crippen MR) is 76.5 cm³/mol. The zero-order chi connectivity index (χ0) is 15.6. The van der Waals surface area contributed by atoms with Crippen LogP contribution in [0.2, 0.25) is 0 Å². The Balaban J connectivity index is 2.34. The lowest BCUT2D eigenvalue weighted by Gasteiger charge is -2.38. The highest BCUT2D eigenvalue weighted by Gasteiger charge is 2.34. The van der Waals surface area contributed by atoms with E-state index in [0.717, 1.165) is 5.56 Å². The molecule has 2 aromatic rings. The molecule has 0 fully saturated rings. The molecule has 2 aromatic heterocycles. The summed E-state index contributed by atoms with van der Waals surface area (Å²) in [5, 5.41) is 28.4. The number of H-pyrrole nitrogens is 2. The average Bonchev–Trinajstić information content (AvgIpc) is 2.83. The minimum atomic E-state index is -1.02. The highest BCUT2D eigenvalue weighted by atomic mass is 16.3. The second-order valence-corrected chi connectivity index (χ2v) is 5.71. The average molecular weight is 297 g/mol. The van der Waals surface area contributed by atoms with Crippen LogP contribution in [0.4, 0.5) is 0 Å². The first kappa shape index (κ1) is 15.6. The number of aliphatic hydroxyl groups is 3. The Labute approximate surface area is 121 Å². The molecule has 0 spiro atoms. The summed E-state index contributed by atoms with van der Waals surface area (Å²) in [6, 6.07) is -0.540. The second-order valence-electron chi connectivity index (χ2n) is 5.71. The van der Waals surface area contributed by atoms with Crippen molar-refractivity contribution >= 4 is 11.0 Å². The zero-order valence-electron chi connectivity index (χ0n) is 12.1. The number of aliphatic hydroxyl groups excluding tert-OH is 3. The molecule has 2 unspecified atom stereocenters. The number of hydrogen-bond acceptors (Lipinski definition) is 5. The van der Waals surface area contributed by atoms with Crippen molar-refractivity contribution in [1.82, 2.24) is 15.0 Å². The van der Waals surface area contributed by atoms with Crippen LogP contribution < -0.4 is 5.56 Å². The molecule has 0 aromatic carbocycles. The largest absolute Gasteiger partial charge is 0.393 e. The first-order valence-corrected chi connectivity index (χ1v) is 6.66. The molecule has 2 atom stereocenters. The summed E-state index contributed by atoms with van der Waals surface area (Å²) < 4.78 is 0.250. The summed E-state index contributed by atoms with van der Waals surface area (Å²) in [6.45, 7) is -0.234. The standard InChI is InChI=1S/C13H20N4O4/c1-17(2,9(5-18)10(20)6-19)4-8-3-14-12-11(8)15-7-16-13(12)21/h3,7,9-10,18-20H,4-6H2,1-2H3,(H-,14,15,16,21)/p+1. The number of aromatic nitrogens is 3. The maximum absolute atomic E-state index is 11.7. The van der Waals surface area contributed by atoms with Gasteiger partial charge in [0.1, 0.15) is 29.7 Å². The Kier molecular flexibility index (Phi) is 4.43. The molecule has 0 saturated heterocycles. The SMILES string of the molecule is C[N+](C)(Cc1c[nH]c2c(=O)[nH]cnc12)C(CO)C(O)CO. The number of nitrogens with one attached hydrogen (secondary N) is 2. The third-order valence-corrected chi connectivity index (χ3v) is 3.84. The van der Waals surface area contributed by atoms with Crippen LogP contribution in [0.25, 0.3) is 11.0 Å². The van der Waals surface area contributed by atoms with Crippen molar-refractivity contribution in [3.05, 3.63) is 28.4 Å². The number of rotatable bonds is 6. The quantitative estimate of drug-likeness (QED) is 0.417. The van der Waals surface area contributed by atoms with Crippen LogP contribution in [-0.2, 0) is 6.54 Å². The smallest absolute Gasteiger partial charge is 0.275 e. The van der Waals surface area contributed by atoms with Crippen molar-refractivity contribution in [3.63, 3.8) is 0 Å². The highest BCUT2D eigenvalue weighted by molar-refractivity contribution is 5.77. The monoisotopic (exact) mass is 297 g/mol. The molecular formula is C13H21N4O4+. The van der Waals surface area contributed by atoms with Gasteiger partial charge in [0.05, 0.1) is 39.2 Å². The third kappa shape index (κ3) is 2.98. The Bertz CT molecular complexity index is 663. The van der Waals surface area contributed by atoms with Gasteiger partial charge in [-0.1, -0.05) is 0 Å². The van der Waals surface area contributed by atoms with Gasteiger partial charge in [0.2, 0.25) is 0 Å². The van der Waals surface area contributed by atoms with Crippen LogP contribution in [0.3, 0.4) is 0 Å². The van der Waals surface area contributed by atoms with Crippen molar-refractivity contribution in [3.8, 4) is 0 Å². The van der Waals surface area contributed by atoms with Gasteiger partial charge in [-0.25, -0.2) is 4.98 Å². The van der Waals surface area contributed by atoms with Crippen molar-refractivity contribution in [2.45, 2.75) is 18.7 Å². The summed E-state index contributed by atoms with van der Waals surface area (Å²) in [6.07, 6.45) is 2.02. The number of nitrogens with zero attached hydrogens (tertiary/aromatic N) is 2. The van der Waals surface area contributed by atoms with E-state index in [4.69, 9.17) is 5.11 Å². The number of quaternary nitrogens is 1. The van der Waals surface area contributed by atoms with Gasteiger partial charge in [-0.3, -0.25) is 4.79 Å². The molecule has 0 aliphatic carbocycles. The normalized spacial score (nSPS) is 15.3. The molecule has 0 bridgehead atoms. The molecule has 0 amide bonds. The summed E-state index contributed by atoms with van der Waals surface area (Å²) in [7, 11) is 3.68. The molecule has 2 rings (SSSR count). The number of hydrogen-bond donors (Lipinski definition) is 5. The Morgan fingerprint density at radius 1 is 1.29 bits per heavy atom. The fraction of sp³-hybridized carbons (Fsp3) is 0.538. The molecule has 2 heterocycles. The van der Waals surface area contributed by atoms with Crippen LogP contribution in [0.5, 0.6) is 0 Å². The summed E-state index contributed by atoms with van der Waals surface area (Å²) in [5.74, 6) is 0. The van der Waals surface area contributed by atoms with E-state index in [9.17, 15) is 15.0 Å². The Morgan fingerprint density at radius 3 is 2.62 bits per heavy atom. The van der Waals surface area contributed by atoms with Crippen LogP contribution in [0, 0.1) is 0 Å².